The molecular weight excluding hydrogens is 254 g/mol. The van der Waals surface area contributed by atoms with Gasteiger partial charge < -0.3 is 8.84 Å². The van der Waals surface area contributed by atoms with Gasteiger partial charge >= 0.3 is 0 Å². The van der Waals surface area contributed by atoms with Crippen molar-refractivity contribution in [2.24, 2.45) is 4.99 Å². The van der Waals surface area contributed by atoms with E-state index in [2.05, 4.69) is 31.1 Å². The molecule has 2 aromatic rings. The zero-order chi connectivity index (χ0) is 13.7. The van der Waals surface area contributed by atoms with Crippen molar-refractivity contribution in [2.45, 2.75) is 26.1 Å². The van der Waals surface area contributed by atoms with Crippen LogP contribution in [-0.2, 0) is 0 Å². The molecular formula is C15H19NO2Si. The summed E-state index contributed by atoms with van der Waals surface area (Å²) in [7, 11) is -1.11. The fraction of sp³-hybridized carbons (Fsp3) is 0.267. The van der Waals surface area contributed by atoms with Gasteiger partial charge in [0.2, 0.25) is 9.04 Å². The van der Waals surface area contributed by atoms with Crippen LogP contribution in [-0.4, -0.2) is 15.3 Å². The second-order valence-electron chi connectivity index (χ2n) is 4.67. The van der Waals surface area contributed by atoms with Gasteiger partial charge in [-0.2, -0.15) is 0 Å². The Morgan fingerprint density at radius 2 is 2.00 bits per heavy atom. The molecule has 0 radical (unpaired) electrons. The maximum absolute atomic E-state index is 5.95. The Morgan fingerprint density at radius 1 is 1.21 bits per heavy atom. The molecule has 1 atom stereocenters. The molecule has 0 aliphatic heterocycles. The van der Waals surface area contributed by atoms with E-state index in [9.17, 15) is 0 Å². The minimum Gasteiger partial charge on any atom is -0.547 e. The molecule has 100 valence electrons. The number of hydrogen-bond acceptors (Lipinski definition) is 3. The van der Waals surface area contributed by atoms with Gasteiger partial charge in [-0.15, -0.1) is 0 Å². The minimum absolute atomic E-state index is 0.0500. The van der Waals surface area contributed by atoms with Crippen molar-refractivity contribution in [3.63, 3.8) is 0 Å². The normalized spacial score (nSPS) is 13.1. The zero-order valence-electron chi connectivity index (χ0n) is 11.5. The van der Waals surface area contributed by atoms with Crippen molar-refractivity contribution in [3.8, 4) is 5.75 Å². The van der Waals surface area contributed by atoms with Gasteiger partial charge in [-0.25, -0.2) is 0 Å². The Hall–Kier alpha value is -1.81. The summed E-state index contributed by atoms with van der Waals surface area (Å²) in [5.74, 6) is 1.72. The van der Waals surface area contributed by atoms with Crippen LogP contribution >= 0.6 is 0 Å². The molecule has 0 aliphatic carbocycles. The van der Waals surface area contributed by atoms with Gasteiger partial charge in [-0.3, -0.25) is 4.99 Å². The Labute approximate surface area is 115 Å². The number of nitrogens with zero attached hydrogens (tertiary/aromatic N) is 1. The first-order valence-electron chi connectivity index (χ1n) is 6.49. The lowest BCUT2D eigenvalue weighted by Gasteiger charge is -2.16. The van der Waals surface area contributed by atoms with Crippen LogP contribution in [0.3, 0.4) is 0 Å². The van der Waals surface area contributed by atoms with Gasteiger partial charge in [0.15, 0.2) is 0 Å². The highest BCUT2D eigenvalue weighted by atomic mass is 28.3. The van der Waals surface area contributed by atoms with Crippen molar-refractivity contribution in [1.82, 2.24) is 0 Å². The second kappa shape index (κ2) is 6.38. The molecule has 0 aliphatic rings. The smallest absolute Gasteiger partial charge is 0.229 e. The molecule has 0 bridgehead atoms. The van der Waals surface area contributed by atoms with Gasteiger partial charge in [-0.1, -0.05) is 18.2 Å². The highest BCUT2D eigenvalue weighted by molar-refractivity contribution is 6.49. The van der Waals surface area contributed by atoms with Crippen LogP contribution in [0.5, 0.6) is 5.75 Å². The molecule has 3 nitrogen and oxygen atoms in total. The zero-order valence-corrected chi connectivity index (χ0v) is 12.7. The van der Waals surface area contributed by atoms with E-state index < -0.39 is 9.04 Å². The third-order valence-electron chi connectivity index (χ3n) is 2.70. The van der Waals surface area contributed by atoms with E-state index in [1.807, 2.05) is 30.3 Å². The van der Waals surface area contributed by atoms with Crippen molar-refractivity contribution < 1.29 is 8.84 Å². The van der Waals surface area contributed by atoms with Crippen LogP contribution in [0.2, 0.25) is 13.1 Å². The van der Waals surface area contributed by atoms with Crippen LogP contribution in [0.25, 0.3) is 0 Å². The van der Waals surface area contributed by atoms with E-state index in [4.69, 9.17) is 8.84 Å². The highest BCUT2D eigenvalue weighted by Crippen LogP contribution is 2.27. The van der Waals surface area contributed by atoms with E-state index in [-0.39, 0.29) is 6.04 Å². The Balaban J connectivity index is 2.16. The molecule has 0 spiro atoms. The van der Waals surface area contributed by atoms with Crippen molar-refractivity contribution in [3.05, 3.63) is 54.0 Å². The van der Waals surface area contributed by atoms with Gasteiger partial charge in [-0.05, 0) is 38.2 Å². The first kappa shape index (κ1) is 13.6. The van der Waals surface area contributed by atoms with Crippen molar-refractivity contribution >= 4 is 15.3 Å². The molecule has 0 fully saturated rings. The summed E-state index contributed by atoms with van der Waals surface area (Å²) in [6, 6.07) is 11.9. The largest absolute Gasteiger partial charge is 0.547 e. The Bertz CT molecular complexity index is 535. The van der Waals surface area contributed by atoms with Crippen LogP contribution in [0.1, 0.15) is 24.3 Å². The summed E-state index contributed by atoms with van der Waals surface area (Å²) < 4.78 is 11.2. The number of benzene rings is 1. The molecule has 1 aromatic carbocycles. The monoisotopic (exact) mass is 273 g/mol. The fourth-order valence-electron chi connectivity index (χ4n) is 1.82. The summed E-state index contributed by atoms with van der Waals surface area (Å²) in [6.07, 6.45) is 3.40. The molecule has 0 amide bonds. The van der Waals surface area contributed by atoms with Crippen molar-refractivity contribution in [1.29, 1.82) is 0 Å². The van der Waals surface area contributed by atoms with Gasteiger partial charge in [0.05, 0.1) is 18.5 Å². The van der Waals surface area contributed by atoms with E-state index >= 15 is 0 Å². The third kappa shape index (κ3) is 3.82. The number of furan rings is 1. The highest BCUT2D eigenvalue weighted by Gasteiger charge is 2.10. The molecule has 1 heterocycles. The molecule has 19 heavy (non-hydrogen) atoms. The van der Waals surface area contributed by atoms with Crippen LogP contribution in [0.15, 0.2) is 52.1 Å². The maximum atomic E-state index is 5.95. The fourth-order valence-corrected chi connectivity index (χ4v) is 2.54. The van der Waals surface area contributed by atoms with Gasteiger partial charge in [0, 0.05) is 5.56 Å². The first-order valence-corrected chi connectivity index (χ1v) is 9.27. The molecule has 1 unspecified atom stereocenters. The van der Waals surface area contributed by atoms with E-state index in [0.717, 1.165) is 17.1 Å². The topological polar surface area (TPSA) is 34.7 Å². The average Bonchev–Trinajstić information content (AvgIpc) is 2.89. The lowest BCUT2D eigenvalue weighted by molar-refractivity contribution is 0.556. The summed E-state index contributed by atoms with van der Waals surface area (Å²) in [5, 5.41) is 0. The molecule has 1 aromatic heterocycles. The number of aliphatic imine (C=N–C) groups is 1. The van der Waals surface area contributed by atoms with Crippen LogP contribution in [0.4, 0.5) is 0 Å². The number of rotatable bonds is 5. The first-order chi connectivity index (χ1) is 9.16. The van der Waals surface area contributed by atoms with Crippen molar-refractivity contribution in [2.75, 3.05) is 0 Å². The van der Waals surface area contributed by atoms with E-state index in [0.29, 0.717) is 0 Å². The lowest BCUT2D eigenvalue weighted by Crippen LogP contribution is -2.13. The predicted molar refractivity (Wildman–Crippen MR) is 80.7 cm³/mol. The minimum atomic E-state index is -1.11. The second-order valence-corrected chi connectivity index (χ2v) is 7.01. The number of hydrogen-bond donors (Lipinski definition) is 0. The molecule has 0 N–H and O–H groups in total. The molecule has 0 saturated heterocycles. The Morgan fingerprint density at radius 3 is 2.68 bits per heavy atom. The SMILES string of the molecule is CC(N=Cc1ccco1)c1ccccc1O[SiH](C)C. The summed E-state index contributed by atoms with van der Waals surface area (Å²) in [6.45, 7) is 6.38. The van der Waals surface area contributed by atoms with Gasteiger partial charge in [0.1, 0.15) is 11.5 Å². The summed E-state index contributed by atoms with van der Waals surface area (Å²) >= 11 is 0. The average molecular weight is 273 g/mol. The molecule has 0 saturated carbocycles. The van der Waals surface area contributed by atoms with Crippen LogP contribution < -0.4 is 4.43 Å². The van der Waals surface area contributed by atoms with E-state index in [1.54, 1.807) is 12.5 Å². The lowest BCUT2D eigenvalue weighted by atomic mass is 10.1. The Kier molecular flexibility index (Phi) is 4.57. The number of para-hydroxylation sites is 1. The van der Waals surface area contributed by atoms with E-state index in [1.165, 1.54) is 0 Å². The maximum Gasteiger partial charge on any atom is 0.229 e. The molecule has 4 heteroatoms. The standard InChI is InChI=1S/C15H19NO2Si/c1-12(16-11-13-7-6-10-17-13)14-8-4-5-9-15(14)18-19(2)3/h4-12,19H,1-3H3. The van der Waals surface area contributed by atoms with Gasteiger partial charge in [0.25, 0.3) is 0 Å². The third-order valence-corrected chi connectivity index (χ3v) is 3.43. The van der Waals surface area contributed by atoms with Crippen LogP contribution in [0, 0.1) is 0 Å². The summed E-state index contributed by atoms with van der Waals surface area (Å²) in [5.41, 5.74) is 1.12. The quantitative estimate of drug-likeness (QED) is 0.613. The summed E-state index contributed by atoms with van der Waals surface area (Å²) in [4.78, 5) is 4.52. The predicted octanol–water partition coefficient (Wildman–Crippen LogP) is 3.82. The molecule has 2 rings (SSSR count).